The monoisotopic (exact) mass is 516 g/mol. The standard InChI is InChI=1S/C11H21NO16S3/c13-6-1-5(2-25-30(18,19)20)26-11(9(6)12-29(15,16)17)27-7-3-24-4-8(10(7)14)28-31(21,22)23/h5-14H,1-4H2,(H,15,16,17)(H,18,19,20)(H,21,22,23)/p-3/t5?,6-,7-,8?,9?,10-,11-/m0/s1. The van der Waals surface area contributed by atoms with Crippen molar-refractivity contribution in [3.63, 3.8) is 0 Å². The zero-order valence-corrected chi connectivity index (χ0v) is 17.7. The zero-order valence-electron chi connectivity index (χ0n) is 15.2. The molecule has 7 atom stereocenters. The summed E-state index contributed by atoms with van der Waals surface area (Å²) in [6.07, 6.45) is -10.4. The lowest BCUT2D eigenvalue weighted by Gasteiger charge is -2.43. The first kappa shape index (κ1) is 26.7. The van der Waals surface area contributed by atoms with Crippen molar-refractivity contribution in [2.24, 2.45) is 0 Å². The van der Waals surface area contributed by atoms with Crippen molar-refractivity contribution in [3.05, 3.63) is 0 Å². The van der Waals surface area contributed by atoms with Gasteiger partial charge in [0.05, 0.1) is 38.1 Å². The van der Waals surface area contributed by atoms with E-state index in [1.807, 2.05) is 0 Å². The molecule has 0 radical (unpaired) electrons. The van der Waals surface area contributed by atoms with Gasteiger partial charge in [0.25, 0.3) is 0 Å². The minimum Gasteiger partial charge on any atom is -0.735 e. The second-order valence-electron chi connectivity index (χ2n) is 6.47. The van der Waals surface area contributed by atoms with Gasteiger partial charge in [0.15, 0.2) is 16.6 Å². The van der Waals surface area contributed by atoms with Crippen LogP contribution in [0.15, 0.2) is 0 Å². The molecule has 3 unspecified atom stereocenters. The van der Waals surface area contributed by atoms with E-state index in [4.69, 9.17) is 14.2 Å². The smallest absolute Gasteiger partial charge is 0.218 e. The van der Waals surface area contributed by atoms with Gasteiger partial charge in [-0.3, -0.25) is 8.37 Å². The van der Waals surface area contributed by atoms with Crippen LogP contribution >= 0.6 is 0 Å². The first-order valence-corrected chi connectivity index (χ1v) is 12.3. The number of ether oxygens (including phenoxy) is 3. The maximum Gasteiger partial charge on any atom is 0.218 e. The largest absolute Gasteiger partial charge is 0.735 e. The molecule has 0 amide bonds. The molecular formula is C11H18NO16S3-3. The summed E-state index contributed by atoms with van der Waals surface area (Å²) in [5.41, 5.74) is 0. The van der Waals surface area contributed by atoms with Gasteiger partial charge in [-0.25, -0.2) is 30.0 Å². The van der Waals surface area contributed by atoms with Crippen molar-refractivity contribution in [2.75, 3.05) is 19.8 Å². The predicted molar refractivity (Wildman–Crippen MR) is 87.8 cm³/mol. The van der Waals surface area contributed by atoms with E-state index in [2.05, 4.69) is 8.37 Å². The highest BCUT2D eigenvalue weighted by atomic mass is 32.3. The summed E-state index contributed by atoms with van der Waals surface area (Å²) in [6.45, 7) is -1.86. The Morgan fingerprint density at radius 2 is 1.58 bits per heavy atom. The highest BCUT2D eigenvalue weighted by Crippen LogP contribution is 2.26. The van der Waals surface area contributed by atoms with E-state index in [1.165, 1.54) is 4.72 Å². The molecule has 0 bridgehead atoms. The van der Waals surface area contributed by atoms with Crippen LogP contribution in [0, 0.1) is 0 Å². The SMILES string of the molecule is O=S(=O)([O-])NC1[C@H](O[C@H]2COCC(OS(=O)(=O)[O-])[C@H]2O)OC(COS(=O)(=O)[O-])C[C@@H]1O. The summed E-state index contributed by atoms with van der Waals surface area (Å²) in [5.74, 6) is 0. The molecule has 2 aliphatic heterocycles. The first-order valence-electron chi connectivity index (χ1n) is 8.26. The number of aliphatic hydroxyl groups excluding tert-OH is 2. The van der Waals surface area contributed by atoms with Gasteiger partial charge < -0.3 is 38.1 Å². The lowest BCUT2D eigenvalue weighted by Crippen LogP contribution is -2.61. The van der Waals surface area contributed by atoms with E-state index in [0.29, 0.717) is 0 Å². The Labute approximate surface area is 177 Å². The molecule has 0 aromatic rings. The number of hydrogen-bond acceptors (Lipinski definition) is 16. The van der Waals surface area contributed by atoms with E-state index in [1.54, 1.807) is 0 Å². The molecule has 0 spiro atoms. The van der Waals surface area contributed by atoms with Gasteiger partial charge in [-0.1, -0.05) is 0 Å². The quantitative estimate of drug-likeness (QED) is 0.191. The van der Waals surface area contributed by atoms with Crippen LogP contribution in [0.2, 0.25) is 0 Å². The van der Waals surface area contributed by atoms with Crippen LogP contribution in [0.1, 0.15) is 6.42 Å². The molecule has 2 fully saturated rings. The van der Waals surface area contributed by atoms with Crippen molar-refractivity contribution in [3.8, 4) is 0 Å². The van der Waals surface area contributed by atoms with Crippen LogP contribution < -0.4 is 4.72 Å². The molecule has 20 heteroatoms. The first-order chi connectivity index (χ1) is 14.0. The number of aliphatic hydroxyl groups is 2. The van der Waals surface area contributed by atoms with Crippen LogP contribution in [0.3, 0.4) is 0 Å². The van der Waals surface area contributed by atoms with Gasteiger partial charge >= 0.3 is 0 Å². The average Bonchev–Trinajstić information content (AvgIpc) is 2.57. The van der Waals surface area contributed by atoms with Crippen molar-refractivity contribution in [1.29, 1.82) is 0 Å². The molecule has 0 aliphatic carbocycles. The van der Waals surface area contributed by atoms with Crippen molar-refractivity contribution >= 4 is 31.1 Å². The Kier molecular flexibility index (Phi) is 8.71. The van der Waals surface area contributed by atoms with E-state index in [-0.39, 0.29) is 0 Å². The molecular weight excluding hydrogens is 498 g/mol. The Bertz CT molecular complexity index is 918. The Morgan fingerprint density at radius 3 is 2.13 bits per heavy atom. The van der Waals surface area contributed by atoms with Gasteiger partial charge in [-0.05, 0) is 0 Å². The van der Waals surface area contributed by atoms with Gasteiger partial charge in [-0.15, -0.1) is 0 Å². The number of hydrogen-bond donors (Lipinski definition) is 3. The summed E-state index contributed by atoms with van der Waals surface area (Å²) in [7, 11) is -15.5. The molecule has 0 aromatic heterocycles. The van der Waals surface area contributed by atoms with Gasteiger partial charge in [0.1, 0.15) is 18.3 Å². The molecule has 3 N–H and O–H groups in total. The Balaban J connectivity index is 2.17. The van der Waals surface area contributed by atoms with Crippen LogP contribution in [0.4, 0.5) is 0 Å². The maximum absolute atomic E-state index is 11.1. The average molecular weight is 516 g/mol. The Hall–Kier alpha value is -0.590. The third-order valence-corrected chi connectivity index (χ3v) is 5.56. The molecule has 2 heterocycles. The lowest BCUT2D eigenvalue weighted by molar-refractivity contribution is -0.279. The molecule has 0 aromatic carbocycles. The van der Waals surface area contributed by atoms with Gasteiger partial charge in [0.2, 0.25) is 20.8 Å². The van der Waals surface area contributed by atoms with Crippen molar-refractivity contribution in [1.82, 2.24) is 4.72 Å². The highest BCUT2D eigenvalue weighted by Gasteiger charge is 2.44. The van der Waals surface area contributed by atoms with E-state index in [0.717, 1.165) is 0 Å². The molecule has 184 valence electrons. The summed E-state index contributed by atoms with van der Waals surface area (Å²) >= 11 is 0. The summed E-state index contributed by atoms with van der Waals surface area (Å²) in [6, 6.07) is -1.76. The molecule has 2 rings (SSSR count). The number of rotatable bonds is 9. The number of nitrogens with one attached hydrogen (secondary N) is 1. The molecule has 31 heavy (non-hydrogen) atoms. The molecule has 0 saturated carbocycles. The second kappa shape index (κ2) is 10.1. The molecule has 17 nitrogen and oxygen atoms in total. The second-order valence-corrected chi connectivity index (χ2v) is 9.67. The third kappa shape index (κ3) is 9.05. The molecule has 2 aliphatic rings. The normalized spacial score (nSPS) is 35.7. The molecule has 2 saturated heterocycles. The van der Waals surface area contributed by atoms with Crippen molar-refractivity contribution in [2.45, 2.75) is 49.3 Å². The van der Waals surface area contributed by atoms with E-state index in [9.17, 15) is 49.1 Å². The minimum atomic E-state index is -5.24. The fourth-order valence-electron chi connectivity index (χ4n) is 2.88. The summed E-state index contributed by atoms with van der Waals surface area (Å²) in [4.78, 5) is 0. The van der Waals surface area contributed by atoms with E-state index >= 15 is 0 Å². The maximum atomic E-state index is 11.1. The predicted octanol–water partition coefficient (Wildman–Crippen LogP) is -5.02. The zero-order chi connectivity index (χ0) is 23.6. The highest BCUT2D eigenvalue weighted by molar-refractivity contribution is 7.83. The summed E-state index contributed by atoms with van der Waals surface area (Å²) in [5, 5.41) is 20.3. The minimum absolute atomic E-state index is 0.442. The Morgan fingerprint density at radius 1 is 0.968 bits per heavy atom. The van der Waals surface area contributed by atoms with Crippen LogP contribution in [-0.2, 0) is 53.7 Å². The van der Waals surface area contributed by atoms with Gasteiger partial charge in [-0.2, -0.15) is 0 Å². The topological polar surface area (TPSA) is 270 Å². The van der Waals surface area contributed by atoms with Crippen LogP contribution in [0.5, 0.6) is 0 Å². The van der Waals surface area contributed by atoms with Crippen LogP contribution in [0.25, 0.3) is 0 Å². The third-order valence-electron chi connectivity index (χ3n) is 4.09. The summed E-state index contributed by atoms with van der Waals surface area (Å²) < 4.78 is 122. The lowest BCUT2D eigenvalue weighted by atomic mass is 10.0. The van der Waals surface area contributed by atoms with Crippen LogP contribution in [-0.4, -0.2) is 112 Å². The fraction of sp³-hybridized carbons (Fsp3) is 1.00. The van der Waals surface area contributed by atoms with E-state index < -0.39 is 100 Å². The fourth-order valence-corrected chi connectivity index (χ4v) is 4.27. The van der Waals surface area contributed by atoms with Crippen molar-refractivity contribution < 1.29 is 71.7 Å². The van der Waals surface area contributed by atoms with Gasteiger partial charge in [0, 0.05) is 6.42 Å².